The van der Waals surface area contributed by atoms with Crippen molar-refractivity contribution in [3.05, 3.63) is 48.3 Å². The second-order valence-corrected chi connectivity index (χ2v) is 6.14. The van der Waals surface area contributed by atoms with Gasteiger partial charge in [0.05, 0.1) is 0 Å². The van der Waals surface area contributed by atoms with Crippen molar-refractivity contribution in [2.24, 2.45) is 0 Å². The number of aromatic nitrogens is 2. The molecule has 0 unspecified atom stereocenters. The Balaban J connectivity index is 1.40. The topological polar surface area (TPSA) is 61.4 Å². The van der Waals surface area contributed by atoms with Crippen molar-refractivity contribution in [1.29, 1.82) is 0 Å². The van der Waals surface area contributed by atoms with E-state index in [0.29, 0.717) is 13.0 Å². The van der Waals surface area contributed by atoms with Crippen LogP contribution in [0.4, 0.5) is 11.6 Å². The van der Waals surface area contributed by atoms with E-state index >= 15 is 0 Å². The van der Waals surface area contributed by atoms with Crippen molar-refractivity contribution in [3.8, 4) is 0 Å². The molecule has 0 saturated carbocycles. The third kappa shape index (κ3) is 4.68. The minimum atomic E-state index is 0.200. The minimum absolute atomic E-state index is 0.200. The molecule has 1 aromatic heterocycles. The summed E-state index contributed by atoms with van der Waals surface area (Å²) in [6.45, 7) is 5.81. The highest BCUT2D eigenvalue weighted by Crippen LogP contribution is 2.12. The molecule has 2 heterocycles. The summed E-state index contributed by atoms with van der Waals surface area (Å²) in [6.07, 6.45) is 5.05. The SMILES string of the molecule is CCc1ccc(NCCC(=O)N2CCN(c3ncccn3)CC2)cc1. The monoisotopic (exact) mass is 339 g/mol. The van der Waals surface area contributed by atoms with Crippen LogP contribution in [-0.4, -0.2) is 53.5 Å². The van der Waals surface area contributed by atoms with E-state index in [2.05, 4.69) is 51.4 Å². The summed E-state index contributed by atoms with van der Waals surface area (Å²) >= 11 is 0. The van der Waals surface area contributed by atoms with Crippen LogP contribution in [0.25, 0.3) is 0 Å². The van der Waals surface area contributed by atoms with Gasteiger partial charge in [-0.15, -0.1) is 0 Å². The molecule has 0 spiro atoms. The fourth-order valence-electron chi connectivity index (χ4n) is 2.94. The molecule has 6 nitrogen and oxygen atoms in total. The maximum atomic E-state index is 12.4. The van der Waals surface area contributed by atoms with Crippen molar-refractivity contribution >= 4 is 17.5 Å². The Bertz CT molecular complexity index is 666. The number of nitrogens with zero attached hydrogens (tertiary/aromatic N) is 4. The van der Waals surface area contributed by atoms with E-state index in [1.165, 1.54) is 5.56 Å². The van der Waals surface area contributed by atoms with Gasteiger partial charge in [0.25, 0.3) is 0 Å². The van der Waals surface area contributed by atoms with Gasteiger partial charge in [-0.25, -0.2) is 9.97 Å². The largest absolute Gasteiger partial charge is 0.385 e. The fourth-order valence-corrected chi connectivity index (χ4v) is 2.94. The molecule has 1 N–H and O–H groups in total. The molecule has 1 aromatic carbocycles. The maximum absolute atomic E-state index is 12.4. The average Bonchev–Trinajstić information content (AvgIpc) is 2.69. The molecule has 2 aromatic rings. The smallest absolute Gasteiger partial charge is 0.225 e. The van der Waals surface area contributed by atoms with Gasteiger partial charge in [-0.05, 0) is 30.2 Å². The molecule has 1 saturated heterocycles. The summed E-state index contributed by atoms with van der Waals surface area (Å²) in [5.74, 6) is 0.943. The molecule has 25 heavy (non-hydrogen) atoms. The predicted molar refractivity (Wildman–Crippen MR) is 99.8 cm³/mol. The molecular weight excluding hydrogens is 314 g/mol. The molecule has 132 valence electrons. The zero-order valence-corrected chi connectivity index (χ0v) is 14.7. The lowest BCUT2D eigenvalue weighted by Gasteiger charge is -2.34. The molecule has 1 amide bonds. The normalized spacial score (nSPS) is 14.4. The number of nitrogens with one attached hydrogen (secondary N) is 1. The third-order valence-corrected chi connectivity index (χ3v) is 4.50. The lowest BCUT2D eigenvalue weighted by Crippen LogP contribution is -2.49. The van der Waals surface area contributed by atoms with Gasteiger partial charge in [-0.2, -0.15) is 0 Å². The molecule has 3 rings (SSSR count). The van der Waals surface area contributed by atoms with Crippen LogP contribution in [0.1, 0.15) is 18.9 Å². The Kier molecular flexibility index (Phi) is 5.82. The molecule has 0 atom stereocenters. The van der Waals surface area contributed by atoms with Crippen LogP contribution in [0.5, 0.6) is 0 Å². The number of anilines is 2. The first-order chi connectivity index (χ1) is 12.3. The highest BCUT2D eigenvalue weighted by molar-refractivity contribution is 5.77. The summed E-state index contributed by atoms with van der Waals surface area (Å²) in [5.41, 5.74) is 2.39. The standard InChI is InChI=1S/C19H25N5O/c1-2-16-4-6-17(7-5-16)20-11-8-18(25)23-12-14-24(15-13-23)19-21-9-3-10-22-19/h3-7,9-10,20H,2,8,11-15H2,1H3. The van der Waals surface area contributed by atoms with Gasteiger partial charge in [0.1, 0.15) is 0 Å². The number of hydrogen-bond acceptors (Lipinski definition) is 5. The highest BCUT2D eigenvalue weighted by atomic mass is 16.2. The zero-order chi connectivity index (χ0) is 17.5. The number of aryl methyl sites for hydroxylation is 1. The van der Waals surface area contributed by atoms with Gasteiger partial charge < -0.3 is 15.1 Å². The Morgan fingerprint density at radius 1 is 1.08 bits per heavy atom. The first-order valence-corrected chi connectivity index (χ1v) is 8.89. The molecular formula is C19H25N5O. The van der Waals surface area contributed by atoms with Crippen molar-refractivity contribution in [2.45, 2.75) is 19.8 Å². The van der Waals surface area contributed by atoms with E-state index in [9.17, 15) is 4.79 Å². The predicted octanol–water partition coefficient (Wildman–Crippen LogP) is 2.19. The number of carbonyl (C=O) groups excluding carboxylic acids is 1. The zero-order valence-electron chi connectivity index (χ0n) is 14.7. The van der Waals surface area contributed by atoms with Crippen molar-refractivity contribution in [3.63, 3.8) is 0 Å². The van der Waals surface area contributed by atoms with Crippen molar-refractivity contribution in [2.75, 3.05) is 42.9 Å². The van der Waals surface area contributed by atoms with E-state index < -0.39 is 0 Å². The molecule has 1 aliphatic rings. The minimum Gasteiger partial charge on any atom is -0.385 e. The molecule has 0 bridgehead atoms. The number of rotatable bonds is 6. The Labute approximate surface area is 148 Å². The Hall–Kier alpha value is -2.63. The van der Waals surface area contributed by atoms with Gasteiger partial charge in [0.15, 0.2) is 0 Å². The van der Waals surface area contributed by atoms with Gasteiger partial charge in [-0.1, -0.05) is 19.1 Å². The average molecular weight is 339 g/mol. The van der Waals surface area contributed by atoms with E-state index in [1.54, 1.807) is 12.4 Å². The first-order valence-electron chi connectivity index (χ1n) is 8.89. The molecule has 6 heteroatoms. The molecule has 1 aliphatic heterocycles. The maximum Gasteiger partial charge on any atom is 0.225 e. The van der Waals surface area contributed by atoms with Crippen molar-refractivity contribution < 1.29 is 4.79 Å². The van der Waals surface area contributed by atoms with Gasteiger partial charge in [0, 0.05) is 57.2 Å². The van der Waals surface area contributed by atoms with Crippen LogP contribution in [0.15, 0.2) is 42.7 Å². The summed E-state index contributed by atoms with van der Waals surface area (Å²) in [4.78, 5) is 25.0. The quantitative estimate of drug-likeness (QED) is 0.874. The third-order valence-electron chi connectivity index (χ3n) is 4.50. The molecule has 1 fully saturated rings. The van der Waals surface area contributed by atoms with E-state index in [1.807, 2.05) is 11.0 Å². The lowest BCUT2D eigenvalue weighted by atomic mass is 10.1. The Morgan fingerprint density at radius 3 is 2.40 bits per heavy atom. The van der Waals surface area contributed by atoms with Crippen LogP contribution < -0.4 is 10.2 Å². The van der Waals surface area contributed by atoms with E-state index in [4.69, 9.17) is 0 Å². The Morgan fingerprint density at radius 2 is 1.76 bits per heavy atom. The second-order valence-electron chi connectivity index (χ2n) is 6.14. The molecule has 0 aliphatic carbocycles. The fraction of sp³-hybridized carbons (Fsp3) is 0.421. The summed E-state index contributed by atoms with van der Waals surface area (Å²) in [5, 5.41) is 3.32. The van der Waals surface area contributed by atoms with E-state index in [-0.39, 0.29) is 5.91 Å². The van der Waals surface area contributed by atoms with E-state index in [0.717, 1.165) is 44.2 Å². The highest BCUT2D eigenvalue weighted by Gasteiger charge is 2.21. The summed E-state index contributed by atoms with van der Waals surface area (Å²) < 4.78 is 0. The van der Waals surface area contributed by atoms with Crippen LogP contribution in [0.3, 0.4) is 0 Å². The van der Waals surface area contributed by atoms with Crippen LogP contribution in [0.2, 0.25) is 0 Å². The summed E-state index contributed by atoms with van der Waals surface area (Å²) in [6, 6.07) is 10.2. The summed E-state index contributed by atoms with van der Waals surface area (Å²) in [7, 11) is 0. The van der Waals surface area contributed by atoms with Crippen molar-refractivity contribution in [1.82, 2.24) is 14.9 Å². The van der Waals surface area contributed by atoms with Gasteiger partial charge in [0.2, 0.25) is 11.9 Å². The number of piperazine rings is 1. The number of carbonyl (C=O) groups is 1. The second kappa shape index (κ2) is 8.46. The number of amides is 1. The first kappa shape index (κ1) is 17.2. The number of benzene rings is 1. The van der Waals surface area contributed by atoms with Gasteiger partial charge >= 0.3 is 0 Å². The molecule has 0 radical (unpaired) electrons. The lowest BCUT2D eigenvalue weighted by molar-refractivity contribution is -0.131. The van der Waals surface area contributed by atoms with Crippen LogP contribution in [-0.2, 0) is 11.2 Å². The van der Waals surface area contributed by atoms with Crippen LogP contribution in [0, 0.1) is 0 Å². The van der Waals surface area contributed by atoms with Gasteiger partial charge in [-0.3, -0.25) is 4.79 Å². The van der Waals surface area contributed by atoms with Crippen LogP contribution >= 0.6 is 0 Å². The number of hydrogen-bond donors (Lipinski definition) is 1.